The number of aryl methyl sites for hydroxylation is 1. The van der Waals surface area contributed by atoms with Gasteiger partial charge in [-0.15, -0.1) is 0 Å². The van der Waals surface area contributed by atoms with E-state index in [2.05, 4.69) is 37.3 Å². The molecule has 0 bridgehead atoms. The van der Waals surface area contributed by atoms with Crippen LogP contribution in [-0.4, -0.2) is 0 Å². The molecule has 1 aromatic rings. The maximum absolute atomic E-state index is 2.20. The molecule has 64 valence electrons. The smallest absolute Gasteiger partial charge is 0 e. The molecule has 0 saturated carbocycles. The zero-order valence-corrected chi connectivity index (χ0v) is 7.80. The predicted molar refractivity (Wildman–Crippen MR) is 53.9 cm³/mol. The van der Waals surface area contributed by atoms with Crippen molar-refractivity contribution < 1.29 is 1.43 Å². The maximum Gasteiger partial charge on any atom is 0 e. The summed E-state index contributed by atoms with van der Waals surface area (Å²) >= 11 is 0. The molecule has 0 amide bonds. The van der Waals surface area contributed by atoms with E-state index in [1.54, 1.807) is 0 Å². The van der Waals surface area contributed by atoms with Crippen LogP contribution >= 0.6 is 0 Å². The zero-order valence-electron chi connectivity index (χ0n) is 7.80. The number of rotatable bonds is 2. The predicted octanol–water partition coefficient (Wildman–Crippen LogP) is 3.91. The highest BCUT2D eigenvalue weighted by Gasteiger charge is 1.84. The second-order valence-corrected chi connectivity index (χ2v) is 2.24. The van der Waals surface area contributed by atoms with E-state index in [0.717, 1.165) is 0 Å². The van der Waals surface area contributed by atoms with Crippen molar-refractivity contribution in [1.29, 1.82) is 0 Å². The first kappa shape index (κ1) is 10.2. The van der Waals surface area contributed by atoms with Gasteiger partial charge in [0.1, 0.15) is 0 Å². The summed E-state index contributed by atoms with van der Waals surface area (Å²) < 4.78 is 0. The number of hydrogen-bond donors (Lipinski definition) is 0. The number of hydrogen-bond acceptors (Lipinski definition) is 0. The van der Waals surface area contributed by atoms with Crippen LogP contribution in [0.1, 0.15) is 34.2 Å². The van der Waals surface area contributed by atoms with Crippen LogP contribution < -0.4 is 0 Å². The van der Waals surface area contributed by atoms with Crippen LogP contribution in [0.5, 0.6) is 0 Å². The Balaban J connectivity index is 0. The molecular weight excluding hydrogens is 132 g/mol. The Kier molecular flexibility index (Phi) is 6.81. The van der Waals surface area contributed by atoms with Crippen molar-refractivity contribution in [3.63, 3.8) is 0 Å². The van der Waals surface area contributed by atoms with Crippen LogP contribution in [0.4, 0.5) is 0 Å². The Morgan fingerprint density at radius 3 is 2.09 bits per heavy atom. The summed E-state index contributed by atoms with van der Waals surface area (Å²) in [6.45, 7) is 6.20. The standard InChI is InChI=1S/C9H12.C2H6.H2/c1-2-6-9-7-4-3-5-8-9;1-2;/h3-5,7-8H,2,6H2,1H3;1-2H3;1H. The Hall–Kier alpha value is -0.780. The summed E-state index contributed by atoms with van der Waals surface area (Å²) in [6.07, 6.45) is 2.45. The van der Waals surface area contributed by atoms with Crippen LogP contribution in [-0.2, 0) is 6.42 Å². The molecule has 0 radical (unpaired) electrons. The molecule has 0 aliphatic carbocycles. The van der Waals surface area contributed by atoms with Gasteiger partial charge in [0.25, 0.3) is 0 Å². The quantitative estimate of drug-likeness (QED) is 0.602. The lowest BCUT2D eigenvalue weighted by molar-refractivity contribution is 0.922. The average Bonchev–Trinajstić information content (AvgIpc) is 2.11. The van der Waals surface area contributed by atoms with Crippen molar-refractivity contribution in [3.8, 4) is 0 Å². The van der Waals surface area contributed by atoms with Gasteiger partial charge in [0.15, 0.2) is 0 Å². The Morgan fingerprint density at radius 2 is 1.64 bits per heavy atom. The molecule has 0 spiro atoms. The van der Waals surface area contributed by atoms with Crippen molar-refractivity contribution in [2.24, 2.45) is 0 Å². The molecule has 11 heavy (non-hydrogen) atoms. The minimum absolute atomic E-state index is 0. The Labute approximate surface area is 71.7 Å². The lowest BCUT2D eigenvalue weighted by Crippen LogP contribution is -1.78. The fourth-order valence-electron chi connectivity index (χ4n) is 0.933. The third kappa shape index (κ3) is 4.60. The lowest BCUT2D eigenvalue weighted by atomic mass is 10.1. The highest BCUT2D eigenvalue weighted by atomic mass is 13.9. The SMILES string of the molecule is CC.CCCc1ccccc1.[HH]. The molecule has 0 saturated heterocycles. The molecule has 0 fully saturated rings. The van der Waals surface area contributed by atoms with Crippen molar-refractivity contribution in [1.82, 2.24) is 0 Å². The Morgan fingerprint density at radius 1 is 1.09 bits per heavy atom. The van der Waals surface area contributed by atoms with E-state index in [-0.39, 0.29) is 1.43 Å². The normalized spacial score (nSPS) is 8.27. The van der Waals surface area contributed by atoms with E-state index in [0.29, 0.717) is 0 Å². The summed E-state index contributed by atoms with van der Waals surface area (Å²) in [7, 11) is 0. The summed E-state index contributed by atoms with van der Waals surface area (Å²) in [5.74, 6) is 0. The van der Waals surface area contributed by atoms with Crippen molar-refractivity contribution in [3.05, 3.63) is 35.9 Å². The van der Waals surface area contributed by atoms with Gasteiger partial charge in [-0.25, -0.2) is 0 Å². The van der Waals surface area contributed by atoms with Crippen LogP contribution in [0.2, 0.25) is 0 Å². The van der Waals surface area contributed by atoms with Gasteiger partial charge in [-0.2, -0.15) is 0 Å². The lowest BCUT2D eigenvalue weighted by Gasteiger charge is -1.93. The fraction of sp³-hybridized carbons (Fsp3) is 0.455. The first-order valence-electron chi connectivity index (χ1n) is 4.47. The average molecular weight is 152 g/mol. The molecule has 1 aromatic carbocycles. The van der Waals surface area contributed by atoms with E-state index in [1.807, 2.05) is 13.8 Å². The van der Waals surface area contributed by atoms with E-state index >= 15 is 0 Å². The third-order valence-corrected chi connectivity index (χ3v) is 1.38. The van der Waals surface area contributed by atoms with E-state index in [1.165, 1.54) is 18.4 Å². The maximum atomic E-state index is 2.20. The topological polar surface area (TPSA) is 0 Å². The van der Waals surface area contributed by atoms with Gasteiger partial charge in [0.05, 0.1) is 0 Å². The Bertz CT molecular complexity index is 158. The number of benzene rings is 1. The molecule has 0 heteroatoms. The van der Waals surface area contributed by atoms with Crippen LogP contribution in [0.3, 0.4) is 0 Å². The van der Waals surface area contributed by atoms with Gasteiger partial charge in [-0.1, -0.05) is 57.5 Å². The second kappa shape index (κ2) is 7.33. The van der Waals surface area contributed by atoms with Crippen LogP contribution in [0.25, 0.3) is 0 Å². The minimum atomic E-state index is 0. The van der Waals surface area contributed by atoms with Crippen molar-refractivity contribution in [2.75, 3.05) is 0 Å². The summed E-state index contributed by atoms with van der Waals surface area (Å²) in [6, 6.07) is 10.6. The molecule has 0 nitrogen and oxygen atoms in total. The van der Waals surface area contributed by atoms with E-state index in [4.69, 9.17) is 0 Å². The van der Waals surface area contributed by atoms with E-state index < -0.39 is 0 Å². The molecule has 0 aromatic heterocycles. The van der Waals surface area contributed by atoms with Gasteiger partial charge >= 0.3 is 0 Å². The molecule has 0 aliphatic rings. The third-order valence-electron chi connectivity index (χ3n) is 1.38. The molecule has 0 aliphatic heterocycles. The van der Waals surface area contributed by atoms with Crippen LogP contribution in [0, 0.1) is 0 Å². The summed E-state index contributed by atoms with van der Waals surface area (Å²) in [5.41, 5.74) is 1.44. The zero-order chi connectivity index (χ0) is 8.53. The molecule has 0 atom stereocenters. The van der Waals surface area contributed by atoms with Crippen LogP contribution in [0.15, 0.2) is 30.3 Å². The first-order chi connectivity index (χ1) is 5.43. The summed E-state index contributed by atoms with van der Waals surface area (Å²) in [5, 5.41) is 0. The second-order valence-electron chi connectivity index (χ2n) is 2.24. The molecule has 0 N–H and O–H groups in total. The van der Waals surface area contributed by atoms with Crippen molar-refractivity contribution in [2.45, 2.75) is 33.6 Å². The first-order valence-corrected chi connectivity index (χ1v) is 4.47. The van der Waals surface area contributed by atoms with Gasteiger partial charge < -0.3 is 0 Å². The molecule has 1 rings (SSSR count). The van der Waals surface area contributed by atoms with Gasteiger partial charge in [0.2, 0.25) is 0 Å². The van der Waals surface area contributed by atoms with Gasteiger partial charge in [-0.3, -0.25) is 0 Å². The summed E-state index contributed by atoms with van der Waals surface area (Å²) in [4.78, 5) is 0. The molecule has 0 unspecified atom stereocenters. The minimum Gasteiger partial charge on any atom is -0.0683 e. The molecule has 0 heterocycles. The molecular formula is C11H20. The largest absolute Gasteiger partial charge is 0.0683 e. The fourth-order valence-corrected chi connectivity index (χ4v) is 0.933. The van der Waals surface area contributed by atoms with E-state index in [9.17, 15) is 0 Å². The highest BCUT2D eigenvalue weighted by Crippen LogP contribution is 2.00. The van der Waals surface area contributed by atoms with Gasteiger partial charge in [0, 0.05) is 1.43 Å². The van der Waals surface area contributed by atoms with Crippen molar-refractivity contribution >= 4 is 0 Å². The monoisotopic (exact) mass is 152 g/mol. The van der Waals surface area contributed by atoms with Gasteiger partial charge in [-0.05, 0) is 12.0 Å². The highest BCUT2D eigenvalue weighted by molar-refractivity contribution is 5.14.